The summed E-state index contributed by atoms with van der Waals surface area (Å²) in [7, 11) is 0. The highest BCUT2D eigenvalue weighted by Crippen LogP contribution is 2.22. The van der Waals surface area contributed by atoms with Crippen molar-refractivity contribution >= 4 is 11.6 Å². The summed E-state index contributed by atoms with van der Waals surface area (Å²) < 4.78 is 38.0. The van der Waals surface area contributed by atoms with Gasteiger partial charge in [0.1, 0.15) is 11.5 Å². The lowest BCUT2D eigenvalue weighted by Crippen LogP contribution is -2.03. The molecule has 15 heavy (non-hydrogen) atoms. The first-order chi connectivity index (χ1) is 7.10. The fraction of sp³-hybridized carbons (Fsp3) is 0.333. The summed E-state index contributed by atoms with van der Waals surface area (Å²) >= 11 is 5.35. The largest absolute Gasteiger partial charge is 0.280 e. The summed E-state index contributed by atoms with van der Waals surface area (Å²) in [6, 6.07) is 2.57. The van der Waals surface area contributed by atoms with E-state index >= 15 is 0 Å². The minimum Gasteiger partial charge on any atom is -0.247 e. The lowest BCUT2D eigenvalue weighted by Gasteiger charge is -2.06. The van der Waals surface area contributed by atoms with Crippen LogP contribution in [0.5, 0.6) is 0 Å². The Morgan fingerprint density at radius 3 is 2.67 bits per heavy atom. The van der Waals surface area contributed by atoms with Crippen molar-refractivity contribution in [2.75, 3.05) is 0 Å². The maximum absolute atomic E-state index is 13.4. The molecular weight excluding hydrogens is 229 g/mol. The van der Waals surface area contributed by atoms with Crippen molar-refractivity contribution < 1.29 is 13.2 Å². The molecule has 0 atom stereocenters. The van der Waals surface area contributed by atoms with Gasteiger partial charge in [0.25, 0.3) is 6.43 Å². The molecule has 0 spiro atoms. The molecule has 0 aliphatic rings. The van der Waals surface area contributed by atoms with E-state index in [1.54, 1.807) is 6.07 Å². The molecular formula is C9H6ClF3N2. The zero-order valence-corrected chi connectivity index (χ0v) is 8.23. The predicted molar refractivity (Wildman–Crippen MR) is 48.0 cm³/mol. The molecule has 1 aromatic rings. The Kier molecular flexibility index (Phi) is 3.92. The van der Waals surface area contributed by atoms with Crippen LogP contribution in [0.15, 0.2) is 6.07 Å². The molecule has 80 valence electrons. The van der Waals surface area contributed by atoms with Crippen LogP contribution in [-0.4, -0.2) is 4.98 Å². The Morgan fingerprint density at radius 2 is 2.20 bits per heavy atom. The molecule has 0 bridgehead atoms. The fourth-order valence-corrected chi connectivity index (χ4v) is 1.26. The summed E-state index contributed by atoms with van der Waals surface area (Å²) in [6.07, 6.45) is -3.08. The molecule has 0 aromatic carbocycles. The van der Waals surface area contributed by atoms with Crippen LogP contribution < -0.4 is 0 Å². The molecule has 0 N–H and O–H groups in total. The van der Waals surface area contributed by atoms with E-state index in [0.29, 0.717) is 0 Å². The number of hydrogen-bond acceptors (Lipinski definition) is 2. The molecule has 6 heteroatoms. The topological polar surface area (TPSA) is 36.7 Å². The fourth-order valence-electron chi connectivity index (χ4n) is 1.08. The second-order valence-corrected chi connectivity index (χ2v) is 3.00. The predicted octanol–water partition coefficient (Wildman–Crippen LogP) is 2.96. The van der Waals surface area contributed by atoms with E-state index < -0.39 is 17.9 Å². The van der Waals surface area contributed by atoms with Crippen molar-refractivity contribution in [1.82, 2.24) is 4.98 Å². The summed E-state index contributed by atoms with van der Waals surface area (Å²) in [5, 5.41) is 8.38. The highest BCUT2D eigenvalue weighted by atomic mass is 35.5. The third kappa shape index (κ3) is 2.60. The SMILES string of the molecule is N#CCc1cc(C(F)F)nc(CCl)c1F. The van der Waals surface area contributed by atoms with Crippen molar-refractivity contribution in [3.05, 3.63) is 28.8 Å². The molecule has 1 heterocycles. The highest BCUT2D eigenvalue weighted by molar-refractivity contribution is 6.16. The van der Waals surface area contributed by atoms with Gasteiger partial charge in [-0.25, -0.2) is 18.2 Å². The zero-order valence-electron chi connectivity index (χ0n) is 7.48. The van der Waals surface area contributed by atoms with Crippen molar-refractivity contribution in [1.29, 1.82) is 5.26 Å². The van der Waals surface area contributed by atoms with Crippen LogP contribution in [0, 0.1) is 17.1 Å². The van der Waals surface area contributed by atoms with Crippen LogP contribution in [0.2, 0.25) is 0 Å². The van der Waals surface area contributed by atoms with Crippen molar-refractivity contribution in [2.45, 2.75) is 18.7 Å². The summed E-state index contributed by atoms with van der Waals surface area (Å²) in [5.74, 6) is -1.08. The average molecular weight is 235 g/mol. The van der Waals surface area contributed by atoms with Gasteiger partial charge in [-0.1, -0.05) is 0 Å². The number of halogens is 4. The normalized spacial score (nSPS) is 10.4. The van der Waals surface area contributed by atoms with E-state index in [1.807, 2.05) is 0 Å². The molecule has 0 aliphatic heterocycles. The van der Waals surface area contributed by atoms with E-state index in [9.17, 15) is 13.2 Å². The average Bonchev–Trinajstić information content (AvgIpc) is 2.21. The molecule has 0 fully saturated rings. The van der Waals surface area contributed by atoms with E-state index in [-0.39, 0.29) is 23.6 Å². The molecule has 0 saturated carbocycles. The number of rotatable bonds is 3. The van der Waals surface area contributed by atoms with Gasteiger partial charge in [-0.05, 0) is 6.07 Å². The molecule has 0 radical (unpaired) electrons. The minimum absolute atomic E-state index is 0.0987. The molecule has 0 saturated heterocycles. The number of hydrogen-bond donors (Lipinski definition) is 0. The maximum atomic E-state index is 13.4. The lowest BCUT2D eigenvalue weighted by molar-refractivity contribution is 0.145. The zero-order chi connectivity index (χ0) is 11.4. The Morgan fingerprint density at radius 1 is 1.53 bits per heavy atom. The Labute approximate surface area is 89.3 Å². The van der Waals surface area contributed by atoms with Crippen molar-refractivity contribution in [3.8, 4) is 6.07 Å². The second-order valence-electron chi connectivity index (χ2n) is 2.74. The molecule has 2 nitrogen and oxygen atoms in total. The van der Waals surface area contributed by atoms with Gasteiger partial charge in [0.15, 0.2) is 0 Å². The van der Waals surface area contributed by atoms with Crippen molar-refractivity contribution in [2.24, 2.45) is 0 Å². The van der Waals surface area contributed by atoms with Gasteiger partial charge in [0.2, 0.25) is 0 Å². The van der Waals surface area contributed by atoms with Crippen LogP contribution in [0.25, 0.3) is 0 Å². The first kappa shape index (κ1) is 11.8. The second kappa shape index (κ2) is 4.99. The number of pyridine rings is 1. The van der Waals surface area contributed by atoms with E-state index in [0.717, 1.165) is 6.07 Å². The smallest absolute Gasteiger partial charge is 0.247 e. The summed E-state index contributed by atoms with van der Waals surface area (Å²) in [6.45, 7) is 0. The van der Waals surface area contributed by atoms with Gasteiger partial charge in [-0.3, -0.25) is 0 Å². The van der Waals surface area contributed by atoms with Crippen LogP contribution in [0.4, 0.5) is 13.2 Å². The van der Waals surface area contributed by atoms with E-state index in [1.165, 1.54) is 0 Å². The Hall–Kier alpha value is -1.28. The van der Waals surface area contributed by atoms with Gasteiger partial charge in [0, 0.05) is 5.56 Å². The summed E-state index contributed by atoms with van der Waals surface area (Å²) in [5.41, 5.74) is -0.907. The third-order valence-corrected chi connectivity index (χ3v) is 1.99. The number of aromatic nitrogens is 1. The van der Waals surface area contributed by atoms with Crippen LogP contribution in [0.1, 0.15) is 23.4 Å². The quantitative estimate of drug-likeness (QED) is 0.754. The van der Waals surface area contributed by atoms with Crippen LogP contribution >= 0.6 is 11.6 Å². The Balaban J connectivity index is 3.26. The number of alkyl halides is 3. The first-order valence-electron chi connectivity index (χ1n) is 3.99. The molecule has 0 amide bonds. The summed E-state index contributed by atoms with van der Waals surface area (Å²) in [4.78, 5) is 3.37. The van der Waals surface area contributed by atoms with Gasteiger partial charge in [0.05, 0.1) is 24.1 Å². The first-order valence-corrected chi connectivity index (χ1v) is 4.52. The lowest BCUT2D eigenvalue weighted by atomic mass is 10.1. The molecule has 0 aliphatic carbocycles. The monoisotopic (exact) mass is 234 g/mol. The van der Waals surface area contributed by atoms with E-state index in [2.05, 4.69) is 4.98 Å². The number of nitriles is 1. The molecule has 1 aromatic heterocycles. The standard InChI is InChI=1S/C9H6ClF3N2/c10-4-7-8(11)5(1-2-14)3-6(15-7)9(12)13/h3,9H,1,4H2. The number of nitrogens with zero attached hydrogens (tertiary/aromatic N) is 2. The molecule has 1 rings (SSSR count). The maximum Gasteiger partial charge on any atom is 0.280 e. The minimum atomic E-state index is -2.80. The van der Waals surface area contributed by atoms with Gasteiger partial charge >= 0.3 is 0 Å². The van der Waals surface area contributed by atoms with Gasteiger partial charge in [-0.15, -0.1) is 11.6 Å². The van der Waals surface area contributed by atoms with Crippen LogP contribution in [-0.2, 0) is 12.3 Å². The molecule has 0 unspecified atom stereocenters. The van der Waals surface area contributed by atoms with Gasteiger partial charge in [-0.2, -0.15) is 5.26 Å². The van der Waals surface area contributed by atoms with Gasteiger partial charge < -0.3 is 0 Å². The van der Waals surface area contributed by atoms with E-state index in [4.69, 9.17) is 16.9 Å². The van der Waals surface area contributed by atoms with Crippen LogP contribution in [0.3, 0.4) is 0 Å². The van der Waals surface area contributed by atoms with Crippen molar-refractivity contribution in [3.63, 3.8) is 0 Å². The third-order valence-electron chi connectivity index (χ3n) is 1.74. The highest BCUT2D eigenvalue weighted by Gasteiger charge is 2.16. The Bertz CT molecular complexity index is 401.